The van der Waals surface area contributed by atoms with E-state index in [1.165, 1.54) is 29.5 Å². The van der Waals surface area contributed by atoms with Crippen molar-refractivity contribution in [2.45, 2.75) is 35.9 Å². The number of carbonyl (C=O) groups is 1. The zero-order valence-corrected chi connectivity index (χ0v) is 18.3. The Morgan fingerprint density at radius 3 is 2.37 bits per heavy atom. The Labute approximate surface area is 180 Å². The minimum atomic E-state index is -3.92. The van der Waals surface area contributed by atoms with Gasteiger partial charge in [-0.15, -0.1) is 11.8 Å². The maximum Gasteiger partial charge on any atom is 0.335 e. The SMILES string of the molecule is CCc1ccc(CSc2ccc(NS(=O)(=O)c3ccc(C)c(C(=O)O)c3)cn2)cc1. The number of benzene rings is 2. The molecule has 2 aromatic carbocycles. The summed E-state index contributed by atoms with van der Waals surface area (Å²) in [6.45, 7) is 3.74. The second-order valence-corrected chi connectivity index (χ2v) is 9.41. The first-order valence-corrected chi connectivity index (χ1v) is 11.8. The fourth-order valence-corrected chi connectivity index (χ4v) is 4.63. The number of carboxylic acids is 1. The Morgan fingerprint density at radius 1 is 1.07 bits per heavy atom. The third-order valence-electron chi connectivity index (χ3n) is 4.56. The van der Waals surface area contributed by atoms with Gasteiger partial charge in [0.05, 0.1) is 27.4 Å². The van der Waals surface area contributed by atoms with Crippen molar-refractivity contribution < 1.29 is 18.3 Å². The fourth-order valence-electron chi connectivity index (χ4n) is 2.77. The van der Waals surface area contributed by atoms with Crippen LogP contribution in [-0.4, -0.2) is 24.5 Å². The zero-order valence-electron chi connectivity index (χ0n) is 16.6. The number of pyridine rings is 1. The maximum atomic E-state index is 12.6. The lowest BCUT2D eigenvalue weighted by atomic mass is 10.1. The average molecular weight is 443 g/mol. The van der Waals surface area contributed by atoms with Crippen molar-refractivity contribution in [2.75, 3.05) is 4.72 Å². The van der Waals surface area contributed by atoms with Gasteiger partial charge in [-0.2, -0.15) is 0 Å². The van der Waals surface area contributed by atoms with E-state index < -0.39 is 16.0 Å². The Bertz CT molecular complexity index is 1140. The lowest BCUT2D eigenvalue weighted by molar-refractivity contribution is 0.0696. The van der Waals surface area contributed by atoms with Crippen molar-refractivity contribution in [3.8, 4) is 0 Å². The first kappa shape index (κ1) is 21.9. The van der Waals surface area contributed by atoms with E-state index in [9.17, 15) is 18.3 Å². The molecule has 0 saturated heterocycles. The van der Waals surface area contributed by atoms with E-state index in [0.29, 0.717) is 11.3 Å². The van der Waals surface area contributed by atoms with Crippen LogP contribution in [0.3, 0.4) is 0 Å². The van der Waals surface area contributed by atoms with Gasteiger partial charge in [0.1, 0.15) is 0 Å². The summed E-state index contributed by atoms with van der Waals surface area (Å²) < 4.78 is 27.6. The number of thioether (sulfide) groups is 1. The quantitative estimate of drug-likeness (QED) is 0.489. The highest BCUT2D eigenvalue weighted by molar-refractivity contribution is 7.98. The Hall–Kier alpha value is -2.84. The minimum absolute atomic E-state index is 0.0466. The Kier molecular flexibility index (Phi) is 6.79. The molecule has 2 N–H and O–H groups in total. The number of hydrogen-bond acceptors (Lipinski definition) is 5. The number of sulfonamides is 1. The van der Waals surface area contributed by atoms with Gasteiger partial charge in [-0.1, -0.05) is 37.3 Å². The molecule has 3 rings (SSSR count). The van der Waals surface area contributed by atoms with Gasteiger partial charge in [0.25, 0.3) is 10.0 Å². The van der Waals surface area contributed by atoms with Crippen molar-refractivity contribution in [2.24, 2.45) is 0 Å². The molecule has 1 heterocycles. The summed E-state index contributed by atoms with van der Waals surface area (Å²) in [5.41, 5.74) is 3.24. The standard InChI is InChI=1S/C22H22N2O4S2/c1-3-16-5-7-17(8-6-16)14-29-21-11-9-18(13-23-21)24-30(27,28)19-10-4-15(2)20(12-19)22(25)26/h4-13,24H,3,14H2,1-2H3,(H,25,26). The topological polar surface area (TPSA) is 96.4 Å². The summed E-state index contributed by atoms with van der Waals surface area (Å²) in [5.74, 6) is -0.402. The molecule has 0 amide bonds. The van der Waals surface area contributed by atoms with Gasteiger partial charge in [0.15, 0.2) is 0 Å². The van der Waals surface area contributed by atoms with Gasteiger partial charge >= 0.3 is 5.97 Å². The van der Waals surface area contributed by atoms with Gasteiger partial charge in [0, 0.05) is 5.75 Å². The molecule has 0 unspecified atom stereocenters. The first-order valence-electron chi connectivity index (χ1n) is 9.32. The smallest absolute Gasteiger partial charge is 0.335 e. The van der Waals surface area contributed by atoms with Crippen LogP contribution in [0.15, 0.2) is 70.7 Å². The number of aryl methyl sites for hydroxylation is 2. The number of aromatic nitrogens is 1. The molecule has 0 bridgehead atoms. The Morgan fingerprint density at radius 2 is 1.77 bits per heavy atom. The van der Waals surface area contributed by atoms with Gasteiger partial charge < -0.3 is 5.11 Å². The summed E-state index contributed by atoms with van der Waals surface area (Å²) in [6.07, 6.45) is 2.46. The van der Waals surface area contributed by atoms with E-state index >= 15 is 0 Å². The average Bonchev–Trinajstić information content (AvgIpc) is 2.73. The van der Waals surface area contributed by atoms with E-state index in [0.717, 1.165) is 23.3 Å². The predicted octanol–water partition coefficient (Wildman–Crippen LogP) is 4.74. The van der Waals surface area contributed by atoms with Crippen LogP contribution in [0.1, 0.15) is 34.0 Å². The van der Waals surface area contributed by atoms with Crippen LogP contribution in [0.4, 0.5) is 5.69 Å². The van der Waals surface area contributed by atoms with Crippen LogP contribution in [0.2, 0.25) is 0 Å². The van der Waals surface area contributed by atoms with E-state index in [2.05, 4.69) is 40.9 Å². The van der Waals surface area contributed by atoms with E-state index in [1.54, 1.807) is 30.8 Å². The van der Waals surface area contributed by atoms with Crippen LogP contribution < -0.4 is 4.72 Å². The molecule has 6 nitrogen and oxygen atoms in total. The van der Waals surface area contributed by atoms with Crippen LogP contribution in [0.5, 0.6) is 0 Å². The Balaban J connectivity index is 1.67. The van der Waals surface area contributed by atoms with E-state index in [1.807, 2.05) is 0 Å². The van der Waals surface area contributed by atoms with Crippen molar-refractivity contribution in [3.63, 3.8) is 0 Å². The number of carboxylic acid groups (broad SMARTS) is 1. The number of rotatable bonds is 8. The molecule has 3 aromatic rings. The van der Waals surface area contributed by atoms with Crippen LogP contribution >= 0.6 is 11.8 Å². The number of nitrogens with zero attached hydrogens (tertiary/aromatic N) is 1. The second-order valence-electron chi connectivity index (χ2n) is 6.73. The van der Waals surface area contributed by atoms with Gasteiger partial charge in [0.2, 0.25) is 0 Å². The monoisotopic (exact) mass is 442 g/mol. The highest BCUT2D eigenvalue weighted by atomic mass is 32.2. The van der Waals surface area contributed by atoms with Crippen molar-refractivity contribution >= 4 is 33.4 Å². The summed E-state index contributed by atoms with van der Waals surface area (Å²) in [4.78, 5) is 15.5. The molecular weight excluding hydrogens is 420 g/mol. The first-order chi connectivity index (χ1) is 14.3. The molecule has 0 radical (unpaired) electrons. The number of aromatic carboxylic acids is 1. The number of anilines is 1. The fraction of sp³-hybridized carbons (Fsp3) is 0.182. The van der Waals surface area contributed by atoms with Gasteiger partial charge in [-0.25, -0.2) is 18.2 Å². The molecule has 8 heteroatoms. The lowest BCUT2D eigenvalue weighted by Gasteiger charge is -2.10. The van der Waals surface area contributed by atoms with E-state index in [-0.39, 0.29) is 10.5 Å². The lowest BCUT2D eigenvalue weighted by Crippen LogP contribution is -2.14. The van der Waals surface area contributed by atoms with Gasteiger partial charge in [-0.3, -0.25) is 4.72 Å². The van der Waals surface area contributed by atoms with Crippen molar-refractivity contribution in [3.05, 3.63) is 83.0 Å². The zero-order chi connectivity index (χ0) is 21.7. The van der Waals surface area contributed by atoms with Crippen LogP contribution in [0, 0.1) is 6.92 Å². The van der Waals surface area contributed by atoms with Crippen LogP contribution in [0.25, 0.3) is 0 Å². The highest BCUT2D eigenvalue weighted by Gasteiger charge is 2.18. The van der Waals surface area contributed by atoms with E-state index in [4.69, 9.17) is 0 Å². The largest absolute Gasteiger partial charge is 0.478 e. The van der Waals surface area contributed by atoms with Crippen molar-refractivity contribution in [1.29, 1.82) is 0 Å². The molecule has 0 atom stereocenters. The predicted molar refractivity (Wildman–Crippen MR) is 119 cm³/mol. The summed E-state index contributed by atoms with van der Waals surface area (Å²) in [6, 6.07) is 15.8. The molecule has 0 aliphatic carbocycles. The number of nitrogens with one attached hydrogen (secondary N) is 1. The molecule has 0 spiro atoms. The summed E-state index contributed by atoms with van der Waals surface area (Å²) in [7, 11) is -3.92. The van der Waals surface area contributed by atoms with Crippen molar-refractivity contribution in [1.82, 2.24) is 4.98 Å². The highest BCUT2D eigenvalue weighted by Crippen LogP contribution is 2.24. The molecule has 0 saturated carbocycles. The molecule has 156 valence electrons. The van der Waals surface area contributed by atoms with Crippen LogP contribution in [-0.2, 0) is 22.2 Å². The normalized spacial score (nSPS) is 11.3. The summed E-state index contributed by atoms with van der Waals surface area (Å²) in [5, 5.41) is 9.99. The molecule has 30 heavy (non-hydrogen) atoms. The molecule has 0 aliphatic rings. The summed E-state index contributed by atoms with van der Waals surface area (Å²) >= 11 is 1.56. The molecule has 0 fully saturated rings. The third kappa shape index (κ3) is 5.40. The third-order valence-corrected chi connectivity index (χ3v) is 6.95. The second kappa shape index (κ2) is 9.32. The molecule has 1 aromatic heterocycles. The number of hydrogen-bond donors (Lipinski definition) is 2. The minimum Gasteiger partial charge on any atom is -0.478 e. The maximum absolute atomic E-state index is 12.6. The molecular formula is C22H22N2O4S2. The molecule has 0 aliphatic heterocycles. The van der Waals surface area contributed by atoms with Gasteiger partial charge in [-0.05, 0) is 54.3 Å².